The quantitative estimate of drug-likeness (QED) is 0.778. The van der Waals surface area contributed by atoms with Gasteiger partial charge in [0.25, 0.3) is 0 Å². The molecule has 0 saturated carbocycles. The van der Waals surface area contributed by atoms with E-state index < -0.39 is 5.54 Å². The molecule has 2 aliphatic rings. The van der Waals surface area contributed by atoms with Gasteiger partial charge < -0.3 is 9.64 Å². The van der Waals surface area contributed by atoms with E-state index in [0.29, 0.717) is 17.9 Å². The third kappa shape index (κ3) is 3.79. The van der Waals surface area contributed by atoms with Crippen molar-refractivity contribution < 1.29 is 13.9 Å². The molecule has 0 unspecified atom stereocenters. The average molecular weight is 434 g/mol. The summed E-state index contributed by atoms with van der Waals surface area (Å²) < 4.78 is 20.3. The third-order valence-corrected chi connectivity index (χ3v) is 6.37. The molecule has 2 aliphatic heterocycles. The molecule has 0 radical (unpaired) electrons. The molecule has 4 rings (SSSR count). The van der Waals surface area contributed by atoms with E-state index in [1.165, 1.54) is 6.07 Å². The number of likely N-dealkylation sites (tertiary alicyclic amines) is 1. The van der Waals surface area contributed by atoms with E-state index >= 15 is 0 Å². The Balaban J connectivity index is 0.00000256. The van der Waals surface area contributed by atoms with Crippen LogP contribution in [0.2, 0.25) is 0 Å². The molecule has 1 aromatic heterocycles. The first-order chi connectivity index (χ1) is 13.8. The molecular weight excluding hydrogens is 405 g/mol. The lowest BCUT2D eigenvalue weighted by molar-refractivity contribution is -0.131. The van der Waals surface area contributed by atoms with Crippen LogP contribution in [-0.4, -0.2) is 41.5 Å². The van der Waals surface area contributed by atoms with Crippen LogP contribution in [0.1, 0.15) is 49.2 Å². The molecule has 30 heavy (non-hydrogen) atoms. The maximum atomic E-state index is 14.7. The highest BCUT2D eigenvalue weighted by atomic mass is 35.5. The summed E-state index contributed by atoms with van der Waals surface area (Å²) in [6.45, 7) is 7.13. The molecule has 1 amide bonds. The molecular formula is C23H29ClFN3O2. The standard InChI is InChI=1S/C23H28FN3O2.ClH/c1-5-29-16-6-7-19(24)18(12-16)17-13-21(25-15(3)14(17)2)20-8-9-23(26-20)10-11-27(4)22(23)28;/h6-7,12-13,20,26H,5,8-11H2,1-4H3;1H/t20-,23-;/m0./s1. The van der Waals surface area contributed by atoms with Crippen molar-refractivity contribution >= 4 is 18.3 Å². The predicted molar refractivity (Wildman–Crippen MR) is 118 cm³/mol. The predicted octanol–water partition coefficient (Wildman–Crippen LogP) is 4.35. The van der Waals surface area contributed by atoms with Gasteiger partial charge in [-0.2, -0.15) is 0 Å². The van der Waals surface area contributed by atoms with Crippen LogP contribution in [0.5, 0.6) is 5.75 Å². The van der Waals surface area contributed by atoms with Gasteiger partial charge in [0.15, 0.2) is 0 Å². The van der Waals surface area contributed by atoms with E-state index in [9.17, 15) is 9.18 Å². The zero-order valence-corrected chi connectivity index (χ0v) is 18.7. The summed E-state index contributed by atoms with van der Waals surface area (Å²) in [6, 6.07) is 6.81. The number of carbonyl (C=O) groups is 1. The summed E-state index contributed by atoms with van der Waals surface area (Å²) in [5.74, 6) is 0.535. The minimum Gasteiger partial charge on any atom is -0.494 e. The van der Waals surface area contributed by atoms with Gasteiger partial charge in [0, 0.05) is 24.8 Å². The molecule has 2 aromatic rings. The van der Waals surface area contributed by atoms with Crippen LogP contribution in [0.25, 0.3) is 11.1 Å². The van der Waals surface area contributed by atoms with Crippen molar-refractivity contribution in [3.63, 3.8) is 0 Å². The van der Waals surface area contributed by atoms with Gasteiger partial charge >= 0.3 is 0 Å². The number of amides is 1. The molecule has 5 nitrogen and oxygen atoms in total. The second kappa shape index (κ2) is 8.52. The lowest BCUT2D eigenvalue weighted by Gasteiger charge is -2.24. The Hall–Kier alpha value is -2.18. The molecule has 2 fully saturated rings. The van der Waals surface area contributed by atoms with Crippen molar-refractivity contribution in [2.75, 3.05) is 20.2 Å². The smallest absolute Gasteiger partial charge is 0.242 e. The summed E-state index contributed by atoms with van der Waals surface area (Å²) >= 11 is 0. The van der Waals surface area contributed by atoms with Crippen LogP contribution in [0.3, 0.4) is 0 Å². The van der Waals surface area contributed by atoms with Crippen molar-refractivity contribution in [1.29, 1.82) is 0 Å². The number of aromatic nitrogens is 1. The zero-order chi connectivity index (χ0) is 20.8. The van der Waals surface area contributed by atoms with Crippen molar-refractivity contribution in [3.05, 3.63) is 47.0 Å². The average Bonchev–Trinajstić information content (AvgIpc) is 3.26. The molecule has 2 saturated heterocycles. The maximum absolute atomic E-state index is 14.7. The SMILES string of the molecule is CCOc1ccc(F)c(-c2cc([C@@H]3CC[C@@]4(CCN(C)C4=O)N3)nc(C)c2C)c1.Cl. The summed E-state index contributed by atoms with van der Waals surface area (Å²) in [4.78, 5) is 19.2. The number of carbonyl (C=O) groups excluding carboxylic acids is 1. The number of rotatable bonds is 4. The first-order valence-electron chi connectivity index (χ1n) is 10.3. The van der Waals surface area contributed by atoms with Crippen LogP contribution in [0.4, 0.5) is 4.39 Å². The van der Waals surface area contributed by atoms with E-state index in [1.807, 2.05) is 33.9 Å². The van der Waals surface area contributed by atoms with Crippen molar-refractivity contribution in [2.24, 2.45) is 0 Å². The van der Waals surface area contributed by atoms with E-state index in [0.717, 1.165) is 48.3 Å². The van der Waals surface area contributed by atoms with Crippen LogP contribution in [0.15, 0.2) is 24.3 Å². The molecule has 2 atom stereocenters. The molecule has 1 N–H and O–H groups in total. The van der Waals surface area contributed by atoms with Gasteiger partial charge in [-0.3, -0.25) is 15.1 Å². The summed E-state index contributed by atoms with van der Waals surface area (Å²) in [6.07, 6.45) is 2.47. The Morgan fingerprint density at radius 3 is 2.70 bits per heavy atom. The van der Waals surface area contributed by atoms with E-state index in [-0.39, 0.29) is 30.2 Å². The molecule has 7 heteroatoms. The molecule has 3 heterocycles. The highest BCUT2D eigenvalue weighted by Crippen LogP contribution is 2.40. The number of halogens is 2. The number of aryl methyl sites for hydroxylation is 1. The second-order valence-corrected chi connectivity index (χ2v) is 8.17. The number of pyridine rings is 1. The van der Waals surface area contributed by atoms with Crippen molar-refractivity contribution in [2.45, 2.75) is 51.6 Å². The van der Waals surface area contributed by atoms with E-state index in [4.69, 9.17) is 9.72 Å². The van der Waals surface area contributed by atoms with Gasteiger partial charge in [-0.15, -0.1) is 12.4 Å². The Morgan fingerprint density at radius 2 is 2.03 bits per heavy atom. The number of hydrogen-bond acceptors (Lipinski definition) is 4. The maximum Gasteiger partial charge on any atom is 0.242 e. The monoisotopic (exact) mass is 433 g/mol. The molecule has 162 valence electrons. The van der Waals surface area contributed by atoms with Gasteiger partial charge in [-0.05, 0) is 75.4 Å². The van der Waals surface area contributed by atoms with Crippen LogP contribution in [0, 0.1) is 19.7 Å². The fourth-order valence-electron chi connectivity index (χ4n) is 4.57. The number of benzene rings is 1. The molecule has 0 aliphatic carbocycles. The van der Waals surface area contributed by atoms with Gasteiger partial charge in [0.05, 0.1) is 18.3 Å². The third-order valence-electron chi connectivity index (χ3n) is 6.37. The Bertz CT molecular complexity index is 968. The normalized spacial score (nSPS) is 23.2. The minimum absolute atomic E-state index is 0. The van der Waals surface area contributed by atoms with Crippen molar-refractivity contribution in [1.82, 2.24) is 15.2 Å². The van der Waals surface area contributed by atoms with E-state index in [2.05, 4.69) is 5.32 Å². The Kier molecular flexibility index (Phi) is 6.39. The summed E-state index contributed by atoms with van der Waals surface area (Å²) in [5, 5.41) is 3.56. The number of hydrogen-bond donors (Lipinski definition) is 1. The molecule has 0 bridgehead atoms. The Morgan fingerprint density at radius 1 is 1.27 bits per heavy atom. The second-order valence-electron chi connectivity index (χ2n) is 8.17. The van der Waals surface area contributed by atoms with Crippen LogP contribution >= 0.6 is 12.4 Å². The zero-order valence-electron chi connectivity index (χ0n) is 17.9. The fourth-order valence-corrected chi connectivity index (χ4v) is 4.57. The first-order valence-corrected chi connectivity index (χ1v) is 10.3. The van der Waals surface area contributed by atoms with Gasteiger partial charge in [0.1, 0.15) is 17.1 Å². The van der Waals surface area contributed by atoms with Crippen LogP contribution in [-0.2, 0) is 4.79 Å². The number of nitrogens with one attached hydrogen (secondary N) is 1. The fraction of sp³-hybridized carbons (Fsp3) is 0.478. The van der Waals surface area contributed by atoms with Crippen LogP contribution < -0.4 is 10.1 Å². The highest BCUT2D eigenvalue weighted by Gasteiger charge is 2.50. The molecule has 1 aromatic carbocycles. The first kappa shape index (κ1) is 22.5. The summed E-state index contributed by atoms with van der Waals surface area (Å²) in [7, 11) is 1.85. The van der Waals surface area contributed by atoms with Crippen molar-refractivity contribution in [3.8, 4) is 16.9 Å². The lowest BCUT2D eigenvalue weighted by atomic mass is 9.95. The largest absolute Gasteiger partial charge is 0.494 e. The minimum atomic E-state index is -0.472. The number of ether oxygens (including phenoxy) is 1. The number of nitrogens with zero attached hydrogens (tertiary/aromatic N) is 2. The number of likely N-dealkylation sites (N-methyl/N-ethyl adjacent to an activating group) is 1. The van der Waals surface area contributed by atoms with Gasteiger partial charge in [-0.1, -0.05) is 0 Å². The topological polar surface area (TPSA) is 54.5 Å². The lowest BCUT2D eigenvalue weighted by Crippen LogP contribution is -2.47. The van der Waals surface area contributed by atoms with Gasteiger partial charge in [0.2, 0.25) is 5.91 Å². The Labute approximate surface area is 183 Å². The van der Waals surface area contributed by atoms with E-state index in [1.54, 1.807) is 17.0 Å². The molecule has 1 spiro atoms. The summed E-state index contributed by atoms with van der Waals surface area (Å²) in [5.41, 5.74) is 3.56. The van der Waals surface area contributed by atoms with Gasteiger partial charge in [-0.25, -0.2) is 4.39 Å². The highest BCUT2D eigenvalue weighted by molar-refractivity contribution is 5.88.